The number of hydrogen-bond acceptors (Lipinski definition) is 10. The van der Waals surface area contributed by atoms with E-state index in [9.17, 15) is 18.4 Å². The molecule has 3 N–H and O–H groups in total. The zero-order valence-electron chi connectivity index (χ0n) is 24.8. The van der Waals surface area contributed by atoms with Crippen LogP contribution in [0, 0.1) is 0 Å². The van der Waals surface area contributed by atoms with Gasteiger partial charge in [-0.1, -0.05) is 0 Å². The summed E-state index contributed by atoms with van der Waals surface area (Å²) >= 11 is 0. The highest BCUT2D eigenvalue weighted by Crippen LogP contribution is 2.31. The second-order valence-corrected chi connectivity index (χ2v) is 10.7. The molecular weight excluding hydrogens is 578 g/mol. The number of H-pyrrole nitrogens is 1. The second kappa shape index (κ2) is 15.3. The lowest BCUT2D eigenvalue weighted by Crippen LogP contribution is -2.29. The van der Waals surface area contributed by atoms with E-state index in [-0.39, 0.29) is 51.2 Å². The summed E-state index contributed by atoms with van der Waals surface area (Å²) < 4.78 is 43.3. The third-order valence-corrected chi connectivity index (χ3v) is 5.91. The summed E-state index contributed by atoms with van der Waals surface area (Å²) in [5.74, 6) is -0.358. The number of nitrogens with zero attached hydrogens (tertiary/aromatic N) is 5. The number of pyridine rings is 1. The molecule has 0 atom stereocenters. The molecule has 0 fully saturated rings. The van der Waals surface area contributed by atoms with Crippen molar-refractivity contribution in [2.75, 3.05) is 44.8 Å². The quantitative estimate of drug-likeness (QED) is 0.126. The number of halogens is 2. The molecule has 4 aromatic heterocycles. The van der Waals surface area contributed by atoms with E-state index in [2.05, 4.69) is 35.7 Å². The number of anilines is 1. The minimum Gasteiger partial charge on any atom is -0.458 e. The number of aromatic amines is 1. The number of ether oxygens (including phenoxy) is 3. The number of amides is 1. The van der Waals surface area contributed by atoms with Crippen molar-refractivity contribution in [2.24, 2.45) is 0 Å². The SMILES string of the molecule is CC(C)(C)OC(=O)COCCOCCNC(=O)CCNc1nccc(-c2cn(CC(F)F)nc2-c2cnc3[nH]ccc3c2)n1. The average molecular weight is 615 g/mol. The third-order valence-electron chi connectivity index (χ3n) is 5.91. The van der Waals surface area contributed by atoms with Crippen LogP contribution in [0.1, 0.15) is 27.2 Å². The van der Waals surface area contributed by atoms with Gasteiger partial charge in [0.25, 0.3) is 6.43 Å². The predicted octanol–water partition coefficient (Wildman–Crippen LogP) is 3.44. The van der Waals surface area contributed by atoms with Gasteiger partial charge in [0.15, 0.2) is 0 Å². The molecule has 236 valence electrons. The fourth-order valence-electron chi connectivity index (χ4n) is 4.11. The average Bonchev–Trinajstić information content (AvgIpc) is 3.60. The molecule has 15 heteroatoms. The van der Waals surface area contributed by atoms with Crippen LogP contribution >= 0.6 is 0 Å². The topological polar surface area (TPSA) is 158 Å². The Bertz CT molecular complexity index is 1540. The summed E-state index contributed by atoms with van der Waals surface area (Å²) in [7, 11) is 0. The fraction of sp³-hybridized carbons (Fsp3) is 0.448. The summed E-state index contributed by atoms with van der Waals surface area (Å²) in [5.41, 5.74) is 2.27. The normalized spacial score (nSPS) is 11.7. The number of hydrogen-bond donors (Lipinski definition) is 3. The number of rotatable bonds is 16. The lowest BCUT2D eigenvalue weighted by molar-refractivity contribution is -0.160. The lowest BCUT2D eigenvalue weighted by Gasteiger charge is -2.19. The van der Waals surface area contributed by atoms with Crippen LogP contribution in [0.15, 0.2) is 43.0 Å². The molecule has 0 aliphatic carbocycles. The summed E-state index contributed by atoms with van der Waals surface area (Å²) in [4.78, 5) is 39.9. The highest BCUT2D eigenvalue weighted by atomic mass is 19.3. The minimum atomic E-state index is -2.58. The Morgan fingerprint density at radius 3 is 2.70 bits per heavy atom. The summed E-state index contributed by atoms with van der Waals surface area (Å²) in [6, 6.07) is 5.40. The maximum Gasteiger partial charge on any atom is 0.332 e. The van der Waals surface area contributed by atoms with Crippen molar-refractivity contribution in [3.05, 3.63) is 43.0 Å². The molecular formula is C29H36F2N8O5. The smallest absolute Gasteiger partial charge is 0.332 e. The number of aromatic nitrogens is 6. The molecule has 0 saturated carbocycles. The first-order chi connectivity index (χ1) is 21.1. The Kier molecular flexibility index (Phi) is 11.3. The van der Waals surface area contributed by atoms with Gasteiger partial charge in [-0.25, -0.2) is 28.5 Å². The Hall–Kier alpha value is -4.50. The first-order valence-corrected chi connectivity index (χ1v) is 14.1. The lowest BCUT2D eigenvalue weighted by atomic mass is 10.1. The number of esters is 1. The monoisotopic (exact) mass is 614 g/mol. The molecule has 0 spiro atoms. The largest absolute Gasteiger partial charge is 0.458 e. The highest BCUT2D eigenvalue weighted by molar-refractivity contribution is 5.85. The van der Waals surface area contributed by atoms with E-state index in [1.165, 1.54) is 10.9 Å². The van der Waals surface area contributed by atoms with Gasteiger partial charge < -0.3 is 29.8 Å². The van der Waals surface area contributed by atoms with Crippen LogP contribution in [-0.2, 0) is 30.3 Å². The van der Waals surface area contributed by atoms with Crippen LogP contribution in [0.25, 0.3) is 33.5 Å². The number of alkyl halides is 2. The van der Waals surface area contributed by atoms with Gasteiger partial charge in [0.2, 0.25) is 11.9 Å². The minimum absolute atomic E-state index is 0.150. The van der Waals surface area contributed by atoms with Crippen molar-refractivity contribution >= 4 is 28.9 Å². The van der Waals surface area contributed by atoms with Crippen LogP contribution in [0.3, 0.4) is 0 Å². The molecule has 0 aliphatic heterocycles. The Labute approximate surface area is 252 Å². The Morgan fingerprint density at radius 1 is 1.09 bits per heavy atom. The van der Waals surface area contributed by atoms with E-state index < -0.39 is 24.5 Å². The molecule has 1 amide bonds. The molecule has 0 aromatic carbocycles. The van der Waals surface area contributed by atoms with Crippen molar-refractivity contribution in [3.8, 4) is 22.5 Å². The molecule has 4 rings (SSSR count). The van der Waals surface area contributed by atoms with Crippen LogP contribution in [-0.4, -0.2) is 93.1 Å². The molecule has 4 aromatic rings. The molecule has 0 bridgehead atoms. The maximum atomic E-state index is 13.2. The number of carbonyl (C=O) groups excluding carboxylic acids is 2. The van der Waals surface area contributed by atoms with Crippen molar-refractivity contribution in [3.63, 3.8) is 0 Å². The summed E-state index contributed by atoms with van der Waals surface area (Å²) in [6.45, 7) is 5.99. The highest BCUT2D eigenvalue weighted by Gasteiger charge is 2.18. The van der Waals surface area contributed by atoms with E-state index in [0.29, 0.717) is 34.7 Å². The van der Waals surface area contributed by atoms with Crippen LogP contribution in [0.5, 0.6) is 0 Å². The molecule has 0 aliphatic rings. The van der Waals surface area contributed by atoms with Gasteiger partial charge in [-0.15, -0.1) is 0 Å². The van der Waals surface area contributed by atoms with Crippen molar-refractivity contribution in [1.82, 2.24) is 35.0 Å². The fourth-order valence-corrected chi connectivity index (χ4v) is 4.11. The molecule has 4 heterocycles. The molecule has 13 nitrogen and oxygen atoms in total. The van der Waals surface area contributed by atoms with Crippen molar-refractivity contribution in [2.45, 2.75) is 45.8 Å². The number of carbonyl (C=O) groups is 2. The molecule has 0 radical (unpaired) electrons. The van der Waals surface area contributed by atoms with Gasteiger partial charge in [0, 0.05) is 60.8 Å². The van der Waals surface area contributed by atoms with Crippen molar-refractivity contribution in [1.29, 1.82) is 0 Å². The van der Waals surface area contributed by atoms with Crippen molar-refractivity contribution < 1.29 is 32.6 Å². The Morgan fingerprint density at radius 2 is 1.91 bits per heavy atom. The first kappa shape index (κ1) is 32.4. The van der Waals surface area contributed by atoms with E-state index >= 15 is 0 Å². The molecule has 44 heavy (non-hydrogen) atoms. The maximum absolute atomic E-state index is 13.2. The third kappa shape index (κ3) is 10.1. The van der Waals surface area contributed by atoms with Gasteiger partial charge >= 0.3 is 5.97 Å². The summed E-state index contributed by atoms with van der Waals surface area (Å²) in [5, 5.41) is 11.0. The molecule has 0 saturated heterocycles. The standard InChI is InChI=1S/C29H36F2N8O5/c1-29(2,3)44-25(41)18-43-13-12-42-11-10-32-24(40)6-9-35-28-34-8-5-22(37-28)21-16-39(17-23(30)31)38-26(21)20-14-19-4-7-33-27(19)36-15-20/h4-5,7-8,14-16,23H,6,9-13,17-18H2,1-3H3,(H,32,40)(H,33,36)(H,34,35,37). The van der Waals surface area contributed by atoms with Gasteiger partial charge in [-0.2, -0.15) is 5.10 Å². The van der Waals surface area contributed by atoms with E-state index in [0.717, 1.165) is 5.39 Å². The number of fused-ring (bicyclic) bond motifs is 1. The van der Waals surface area contributed by atoms with Gasteiger partial charge in [0.05, 0.1) is 25.5 Å². The van der Waals surface area contributed by atoms with Crippen LogP contribution in [0.4, 0.5) is 14.7 Å². The van der Waals surface area contributed by atoms with E-state index in [1.54, 1.807) is 45.4 Å². The Balaban J connectivity index is 1.23. The molecule has 0 unspecified atom stereocenters. The number of nitrogens with one attached hydrogen (secondary N) is 3. The van der Waals surface area contributed by atoms with Gasteiger partial charge in [0.1, 0.15) is 30.1 Å². The van der Waals surface area contributed by atoms with E-state index in [1.807, 2.05) is 12.1 Å². The first-order valence-electron chi connectivity index (χ1n) is 14.1. The van der Waals surface area contributed by atoms with Gasteiger partial charge in [-0.3, -0.25) is 9.48 Å². The van der Waals surface area contributed by atoms with Crippen LogP contribution in [0.2, 0.25) is 0 Å². The second-order valence-electron chi connectivity index (χ2n) is 10.7. The van der Waals surface area contributed by atoms with Crippen LogP contribution < -0.4 is 10.6 Å². The predicted molar refractivity (Wildman–Crippen MR) is 158 cm³/mol. The zero-order chi connectivity index (χ0) is 31.5. The summed E-state index contributed by atoms with van der Waals surface area (Å²) in [6.07, 6.45) is 4.04. The van der Waals surface area contributed by atoms with E-state index in [4.69, 9.17) is 14.2 Å². The zero-order valence-corrected chi connectivity index (χ0v) is 24.8. The van der Waals surface area contributed by atoms with Gasteiger partial charge in [-0.05, 0) is 39.0 Å².